The van der Waals surface area contributed by atoms with Gasteiger partial charge in [-0.3, -0.25) is 0 Å². The Morgan fingerprint density at radius 1 is 1.14 bits per heavy atom. The molecule has 0 fully saturated rings. The van der Waals surface area contributed by atoms with Crippen molar-refractivity contribution < 1.29 is 32.3 Å². The van der Waals surface area contributed by atoms with Crippen LogP contribution in [-0.4, -0.2) is 24.5 Å². The molecule has 1 aromatic rings. The number of carbonyl (C=O) groups excluding carboxylic acids is 3. The number of carbonyl (C=O) groups is 1. The van der Waals surface area contributed by atoms with Crippen molar-refractivity contribution in [3.05, 3.63) is 41.0 Å². The molecular weight excluding hydrogens is 301 g/mol. The number of benzene rings is 1. The second-order valence-electron chi connectivity index (χ2n) is 4.13. The van der Waals surface area contributed by atoms with Crippen LogP contribution in [0.3, 0.4) is 0 Å². The molecule has 0 amide bonds. The molecule has 116 valence electrons. The number of allylic oxidation sites excluding steroid dienone is 1. The largest absolute Gasteiger partial charge is 0.462 e. The van der Waals surface area contributed by atoms with Crippen LogP contribution in [0.5, 0.6) is 0 Å². The molecule has 0 radical (unpaired) electrons. The van der Waals surface area contributed by atoms with Crippen LogP contribution in [0.4, 0.5) is 13.2 Å². The van der Waals surface area contributed by atoms with Crippen molar-refractivity contribution >= 4 is 23.4 Å². The standard InChI is InChI=1S/C15H11F3O4/c1-2-22-14(21)12(9-20)7-11(8-19)10-3-5-13(6-4-10)15(16,17)18/h3-6H,2,7H2,1H3. The third-order valence-corrected chi connectivity index (χ3v) is 2.68. The first kappa shape index (κ1) is 17.4. The van der Waals surface area contributed by atoms with E-state index in [4.69, 9.17) is 0 Å². The molecule has 1 rings (SSSR count). The first-order chi connectivity index (χ1) is 10.3. The zero-order valence-electron chi connectivity index (χ0n) is 11.5. The first-order valence-electron chi connectivity index (χ1n) is 6.16. The quantitative estimate of drug-likeness (QED) is 0.476. The highest BCUT2D eigenvalue weighted by Gasteiger charge is 2.30. The van der Waals surface area contributed by atoms with E-state index in [-0.39, 0.29) is 17.7 Å². The Morgan fingerprint density at radius 2 is 1.73 bits per heavy atom. The molecule has 0 aliphatic rings. The first-order valence-corrected chi connectivity index (χ1v) is 6.16. The highest BCUT2D eigenvalue weighted by atomic mass is 19.4. The van der Waals surface area contributed by atoms with Crippen LogP contribution in [0.25, 0.3) is 5.57 Å². The monoisotopic (exact) mass is 312 g/mol. The van der Waals surface area contributed by atoms with Crippen LogP contribution in [0.15, 0.2) is 29.8 Å². The maximum Gasteiger partial charge on any atom is 0.416 e. The molecule has 0 atom stereocenters. The van der Waals surface area contributed by atoms with Crippen LogP contribution in [-0.2, 0) is 25.3 Å². The third-order valence-electron chi connectivity index (χ3n) is 2.68. The normalized spacial score (nSPS) is 10.4. The lowest BCUT2D eigenvalue weighted by Gasteiger charge is -2.08. The summed E-state index contributed by atoms with van der Waals surface area (Å²) in [5.41, 5.74) is -1.32. The molecule has 22 heavy (non-hydrogen) atoms. The molecule has 0 saturated heterocycles. The second-order valence-corrected chi connectivity index (χ2v) is 4.13. The van der Waals surface area contributed by atoms with Gasteiger partial charge in [-0.2, -0.15) is 13.2 Å². The topological polar surface area (TPSA) is 60.4 Å². The average molecular weight is 312 g/mol. The van der Waals surface area contributed by atoms with Crippen molar-refractivity contribution in [1.29, 1.82) is 0 Å². The number of hydrogen-bond acceptors (Lipinski definition) is 4. The predicted molar refractivity (Wildman–Crippen MR) is 71.0 cm³/mol. The van der Waals surface area contributed by atoms with E-state index in [1.165, 1.54) is 18.8 Å². The van der Waals surface area contributed by atoms with Gasteiger partial charge in [0.25, 0.3) is 0 Å². The molecular formula is C15H11F3O4. The zero-order chi connectivity index (χ0) is 16.8. The summed E-state index contributed by atoms with van der Waals surface area (Å²) in [7, 11) is 0. The lowest BCUT2D eigenvalue weighted by Crippen LogP contribution is -2.09. The maximum absolute atomic E-state index is 12.5. The Labute approximate surface area is 123 Å². The summed E-state index contributed by atoms with van der Waals surface area (Å²) in [4.78, 5) is 33.1. The van der Waals surface area contributed by atoms with Gasteiger partial charge in [-0.1, -0.05) is 12.1 Å². The van der Waals surface area contributed by atoms with Crippen molar-refractivity contribution in [1.82, 2.24) is 0 Å². The van der Waals surface area contributed by atoms with Crippen molar-refractivity contribution in [3.8, 4) is 0 Å². The van der Waals surface area contributed by atoms with E-state index in [2.05, 4.69) is 4.74 Å². The van der Waals surface area contributed by atoms with Gasteiger partial charge in [-0.25, -0.2) is 14.4 Å². The fourth-order valence-electron chi connectivity index (χ4n) is 1.60. The van der Waals surface area contributed by atoms with Gasteiger partial charge in [0, 0.05) is 12.0 Å². The SMILES string of the molecule is CCOC(=O)C(=C=O)CC(=C=O)c1ccc(C(F)(F)F)cc1. The van der Waals surface area contributed by atoms with Gasteiger partial charge < -0.3 is 4.74 Å². The zero-order valence-corrected chi connectivity index (χ0v) is 11.5. The summed E-state index contributed by atoms with van der Waals surface area (Å²) < 4.78 is 42.0. The van der Waals surface area contributed by atoms with E-state index in [0.717, 1.165) is 24.3 Å². The van der Waals surface area contributed by atoms with Gasteiger partial charge >= 0.3 is 12.1 Å². The van der Waals surface area contributed by atoms with E-state index >= 15 is 0 Å². The van der Waals surface area contributed by atoms with Crippen LogP contribution < -0.4 is 0 Å². The molecule has 0 saturated carbocycles. The molecule has 0 unspecified atom stereocenters. The minimum atomic E-state index is -4.50. The molecule has 0 heterocycles. The van der Waals surface area contributed by atoms with Gasteiger partial charge in [0.15, 0.2) is 0 Å². The van der Waals surface area contributed by atoms with Crippen LogP contribution >= 0.6 is 0 Å². The fraction of sp³-hybridized carbons (Fsp3) is 0.267. The van der Waals surface area contributed by atoms with Crippen molar-refractivity contribution in [3.63, 3.8) is 0 Å². The van der Waals surface area contributed by atoms with Crippen molar-refractivity contribution in [2.75, 3.05) is 6.61 Å². The van der Waals surface area contributed by atoms with Gasteiger partial charge in [0.2, 0.25) is 0 Å². The molecule has 0 spiro atoms. The summed E-state index contributed by atoms with van der Waals surface area (Å²) >= 11 is 0. The lowest BCUT2D eigenvalue weighted by atomic mass is 9.99. The van der Waals surface area contributed by atoms with Gasteiger partial charge in [-0.15, -0.1) is 0 Å². The third kappa shape index (κ3) is 4.45. The Morgan fingerprint density at radius 3 is 2.14 bits per heavy atom. The summed E-state index contributed by atoms with van der Waals surface area (Å²) in [5, 5.41) is 0. The predicted octanol–water partition coefficient (Wildman–Crippen LogP) is 2.63. The van der Waals surface area contributed by atoms with Crippen molar-refractivity contribution in [2.45, 2.75) is 19.5 Å². The molecule has 0 aliphatic heterocycles. The van der Waals surface area contributed by atoms with Gasteiger partial charge in [0.1, 0.15) is 17.5 Å². The maximum atomic E-state index is 12.5. The Kier molecular flexibility index (Phi) is 5.87. The van der Waals surface area contributed by atoms with Crippen molar-refractivity contribution in [2.24, 2.45) is 0 Å². The smallest absolute Gasteiger partial charge is 0.416 e. The van der Waals surface area contributed by atoms with E-state index < -0.39 is 29.7 Å². The summed E-state index contributed by atoms with van der Waals surface area (Å²) in [6, 6.07) is 3.72. The van der Waals surface area contributed by atoms with E-state index in [1.807, 2.05) is 0 Å². The highest BCUT2D eigenvalue weighted by Crippen LogP contribution is 2.30. The molecule has 0 N–H and O–H groups in total. The summed E-state index contributed by atoms with van der Waals surface area (Å²) in [5.74, 6) is 1.95. The Balaban J connectivity index is 3.01. The number of esters is 1. The fourth-order valence-corrected chi connectivity index (χ4v) is 1.60. The number of hydrogen-bond donors (Lipinski definition) is 0. The van der Waals surface area contributed by atoms with E-state index in [0.29, 0.717) is 0 Å². The van der Waals surface area contributed by atoms with Crippen LogP contribution in [0.1, 0.15) is 24.5 Å². The van der Waals surface area contributed by atoms with Gasteiger partial charge in [-0.05, 0) is 24.6 Å². The Hall–Kier alpha value is -2.62. The lowest BCUT2D eigenvalue weighted by molar-refractivity contribution is -0.138. The molecule has 7 heteroatoms. The van der Waals surface area contributed by atoms with Crippen LogP contribution in [0.2, 0.25) is 0 Å². The van der Waals surface area contributed by atoms with E-state index in [1.54, 1.807) is 0 Å². The van der Waals surface area contributed by atoms with E-state index in [9.17, 15) is 27.6 Å². The number of rotatable bonds is 5. The second kappa shape index (κ2) is 7.41. The molecule has 0 aromatic heterocycles. The number of halogens is 3. The average Bonchev–Trinajstić information content (AvgIpc) is 2.48. The Bertz CT molecular complexity index is 646. The molecule has 0 aliphatic carbocycles. The highest BCUT2D eigenvalue weighted by molar-refractivity contribution is 6.01. The summed E-state index contributed by atoms with van der Waals surface area (Å²) in [6.07, 6.45) is -4.92. The molecule has 1 aromatic carbocycles. The number of ether oxygens (including phenoxy) is 1. The molecule has 4 nitrogen and oxygen atoms in total. The van der Waals surface area contributed by atoms with Gasteiger partial charge in [0.05, 0.1) is 12.2 Å². The number of alkyl halides is 3. The minimum Gasteiger partial charge on any atom is -0.462 e. The minimum absolute atomic E-state index is 0.0322. The molecule has 0 bridgehead atoms. The summed E-state index contributed by atoms with van der Waals surface area (Å²) in [6.45, 7) is 1.57. The van der Waals surface area contributed by atoms with Crippen LogP contribution in [0, 0.1) is 0 Å².